The Morgan fingerprint density at radius 1 is 1.00 bits per heavy atom. The summed E-state index contributed by atoms with van der Waals surface area (Å²) in [4.78, 5) is 31.3. The molecule has 2 saturated heterocycles. The molecule has 0 radical (unpaired) electrons. The van der Waals surface area contributed by atoms with E-state index >= 15 is 0 Å². The lowest BCUT2D eigenvalue weighted by molar-refractivity contribution is -0.135. The predicted molar refractivity (Wildman–Crippen MR) is 152 cm³/mol. The van der Waals surface area contributed by atoms with Crippen LogP contribution in [-0.4, -0.2) is 73.6 Å². The summed E-state index contributed by atoms with van der Waals surface area (Å²) in [6.07, 6.45) is 7.68. The lowest BCUT2D eigenvalue weighted by Crippen LogP contribution is -2.52. The maximum atomic E-state index is 13.6. The van der Waals surface area contributed by atoms with Crippen molar-refractivity contribution < 1.29 is 19.1 Å². The molecule has 210 valence electrons. The van der Waals surface area contributed by atoms with Gasteiger partial charge < -0.3 is 19.7 Å². The van der Waals surface area contributed by atoms with E-state index in [4.69, 9.17) is 9.47 Å². The molecule has 1 N–H and O–H groups in total. The zero-order chi connectivity index (χ0) is 27.1. The van der Waals surface area contributed by atoms with Crippen molar-refractivity contribution in [2.24, 2.45) is 5.41 Å². The first-order chi connectivity index (χ1) is 19.0. The fourth-order valence-electron chi connectivity index (χ4n) is 6.19. The zero-order valence-corrected chi connectivity index (χ0v) is 23.3. The van der Waals surface area contributed by atoms with Gasteiger partial charge in [0.05, 0.1) is 11.5 Å². The number of carbonyl (C=O) groups is 2. The lowest BCUT2D eigenvalue weighted by atomic mass is 9.73. The Bertz CT molecular complexity index is 1120. The molecule has 2 aromatic carbocycles. The Kier molecular flexibility index (Phi) is 9.07. The number of hydrogen-bond donors (Lipinski definition) is 1. The van der Waals surface area contributed by atoms with Gasteiger partial charge in [-0.25, -0.2) is 0 Å². The number of aryl methyl sites for hydroxylation is 1. The van der Waals surface area contributed by atoms with E-state index in [0.29, 0.717) is 44.7 Å². The largest absolute Gasteiger partial charge is 0.492 e. The number of nitrogens with one attached hydrogen (secondary N) is 1. The Labute approximate surface area is 232 Å². The maximum absolute atomic E-state index is 13.6. The van der Waals surface area contributed by atoms with Crippen LogP contribution in [0.4, 0.5) is 0 Å². The van der Waals surface area contributed by atoms with E-state index in [9.17, 15) is 9.59 Å². The highest BCUT2D eigenvalue weighted by molar-refractivity contribution is 5.95. The van der Waals surface area contributed by atoms with Crippen molar-refractivity contribution in [2.45, 2.75) is 64.3 Å². The highest BCUT2D eigenvalue weighted by Crippen LogP contribution is 2.38. The number of piperidine rings is 1. The highest BCUT2D eigenvalue weighted by Gasteiger charge is 2.42. The minimum atomic E-state index is -0.440. The van der Waals surface area contributed by atoms with Crippen LogP contribution in [0.2, 0.25) is 0 Å². The Hall–Kier alpha value is -3.06. The molecule has 5 rings (SSSR count). The summed E-state index contributed by atoms with van der Waals surface area (Å²) in [5.41, 5.74) is 1.44. The molecule has 3 heterocycles. The number of benzene rings is 2. The van der Waals surface area contributed by atoms with Gasteiger partial charge in [-0.2, -0.15) is 0 Å². The van der Waals surface area contributed by atoms with Gasteiger partial charge in [-0.1, -0.05) is 30.7 Å². The third-order valence-corrected chi connectivity index (χ3v) is 8.64. The van der Waals surface area contributed by atoms with Crippen LogP contribution in [0.3, 0.4) is 0 Å². The maximum Gasteiger partial charge on any atom is 0.253 e. The SMILES string of the molecule is C[C@@H]1COc2ccccc2CCCCC2(CCN(C(=O)c3cccc(OCCN4CCCC4)c3)CC2)C(=O)N1. The molecule has 2 fully saturated rings. The van der Waals surface area contributed by atoms with Crippen molar-refractivity contribution in [3.63, 3.8) is 0 Å². The van der Waals surface area contributed by atoms with E-state index in [1.54, 1.807) is 0 Å². The molecular weight excluding hydrogens is 490 g/mol. The van der Waals surface area contributed by atoms with Gasteiger partial charge in [-0.3, -0.25) is 14.5 Å². The minimum absolute atomic E-state index is 0.0155. The molecule has 1 atom stereocenters. The molecule has 7 nitrogen and oxygen atoms in total. The fraction of sp³-hybridized carbons (Fsp3) is 0.562. The van der Waals surface area contributed by atoms with Gasteiger partial charge >= 0.3 is 0 Å². The average Bonchev–Trinajstić information content (AvgIpc) is 3.48. The predicted octanol–water partition coefficient (Wildman–Crippen LogP) is 4.69. The van der Waals surface area contributed by atoms with Crippen molar-refractivity contribution in [3.05, 3.63) is 59.7 Å². The molecule has 3 aliphatic rings. The van der Waals surface area contributed by atoms with Gasteiger partial charge in [-0.15, -0.1) is 0 Å². The van der Waals surface area contributed by atoms with Crippen LogP contribution >= 0.6 is 0 Å². The van der Waals surface area contributed by atoms with Gasteiger partial charge in [0, 0.05) is 25.2 Å². The lowest BCUT2D eigenvalue weighted by Gasteiger charge is -2.41. The highest BCUT2D eigenvalue weighted by atomic mass is 16.5. The molecule has 39 heavy (non-hydrogen) atoms. The third kappa shape index (κ3) is 6.93. The Balaban J connectivity index is 1.18. The Morgan fingerprint density at radius 3 is 2.62 bits per heavy atom. The molecule has 7 heteroatoms. The van der Waals surface area contributed by atoms with E-state index < -0.39 is 5.41 Å². The van der Waals surface area contributed by atoms with E-state index in [2.05, 4.69) is 22.3 Å². The summed E-state index contributed by atoms with van der Waals surface area (Å²) in [5.74, 6) is 1.78. The van der Waals surface area contributed by atoms with E-state index in [-0.39, 0.29) is 17.9 Å². The summed E-state index contributed by atoms with van der Waals surface area (Å²) < 4.78 is 12.0. The number of hydrogen-bond acceptors (Lipinski definition) is 5. The summed E-state index contributed by atoms with van der Waals surface area (Å²) in [7, 11) is 0. The fourth-order valence-corrected chi connectivity index (χ4v) is 6.19. The average molecular weight is 534 g/mol. The number of rotatable bonds is 5. The number of fused-ring (bicyclic) bond motifs is 1. The smallest absolute Gasteiger partial charge is 0.253 e. The Morgan fingerprint density at radius 2 is 1.79 bits per heavy atom. The summed E-state index contributed by atoms with van der Waals surface area (Å²) in [6.45, 7) is 7.46. The van der Waals surface area contributed by atoms with Gasteiger partial charge in [-0.05, 0) is 94.8 Å². The number of nitrogens with zero attached hydrogens (tertiary/aromatic N) is 2. The van der Waals surface area contributed by atoms with Crippen LogP contribution in [0.5, 0.6) is 11.5 Å². The molecule has 0 unspecified atom stereocenters. The summed E-state index contributed by atoms with van der Waals surface area (Å²) in [5, 5.41) is 3.22. The molecule has 0 aromatic heterocycles. The van der Waals surface area contributed by atoms with Crippen molar-refractivity contribution in [2.75, 3.05) is 45.9 Å². The van der Waals surface area contributed by atoms with Crippen molar-refractivity contribution >= 4 is 11.8 Å². The standard InChI is InChI=1S/C32H43N3O4/c1-25-24-39-29-13-3-2-9-26(29)10-4-5-14-32(31(37)33-25)15-19-35(20-16-32)30(36)27-11-8-12-28(23-27)38-22-21-34-17-6-7-18-34/h2-3,8-9,11-13,23,25H,4-7,10,14-22,24H2,1H3,(H,33,37)/t25-/m1/s1. The van der Waals surface area contributed by atoms with Crippen LogP contribution in [0.1, 0.15) is 67.8 Å². The van der Waals surface area contributed by atoms with E-state index in [0.717, 1.165) is 56.8 Å². The number of carbonyl (C=O) groups excluding carboxylic acids is 2. The summed E-state index contributed by atoms with van der Waals surface area (Å²) >= 11 is 0. The first-order valence-corrected chi connectivity index (χ1v) is 14.8. The van der Waals surface area contributed by atoms with Crippen LogP contribution in [0, 0.1) is 5.41 Å². The quantitative estimate of drug-likeness (QED) is 0.604. The number of para-hydroxylation sites is 1. The molecule has 0 bridgehead atoms. The van der Waals surface area contributed by atoms with Crippen molar-refractivity contribution in [1.29, 1.82) is 0 Å². The molecular formula is C32H43N3O4. The molecule has 3 aliphatic heterocycles. The minimum Gasteiger partial charge on any atom is -0.492 e. The van der Waals surface area contributed by atoms with Crippen molar-refractivity contribution in [1.82, 2.24) is 15.1 Å². The molecule has 0 aliphatic carbocycles. The monoisotopic (exact) mass is 533 g/mol. The molecule has 2 amide bonds. The van der Waals surface area contributed by atoms with Crippen LogP contribution in [0.15, 0.2) is 48.5 Å². The number of amides is 2. The zero-order valence-electron chi connectivity index (χ0n) is 23.3. The second kappa shape index (κ2) is 12.9. The second-order valence-corrected chi connectivity index (χ2v) is 11.5. The molecule has 2 aromatic rings. The summed E-state index contributed by atoms with van der Waals surface area (Å²) in [6, 6.07) is 15.7. The van der Waals surface area contributed by atoms with Gasteiger partial charge in [0.25, 0.3) is 5.91 Å². The van der Waals surface area contributed by atoms with E-state index in [1.807, 2.05) is 48.2 Å². The normalized spacial score (nSPS) is 22.2. The van der Waals surface area contributed by atoms with Gasteiger partial charge in [0.2, 0.25) is 5.91 Å². The van der Waals surface area contributed by atoms with Gasteiger partial charge in [0.1, 0.15) is 24.7 Å². The van der Waals surface area contributed by atoms with Gasteiger partial charge in [0.15, 0.2) is 0 Å². The van der Waals surface area contributed by atoms with Crippen LogP contribution in [0.25, 0.3) is 0 Å². The van der Waals surface area contributed by atoms with E-state index in [1.165, 1.54) is 18.4 Å². The third-order valence-electron chi connectivity index (χ3n) is 8.64. The number of ether oxygens (including phenoxy) is 2. The van der Waals surface area contributed by atoms with Crippen LogP contribution in [-0.2, 0) is 11.2 Å². The number of likely N-dealkylation sites (tertiary alicyclic amines) is 2. The first-order valence-electron chi connectivity index (χ1n) is 14.8. The molecule has 1 spiro atoms. The first kappa shape index (κ1) is 27.5. The topological polar surface area (TPSA) is 71.1 Å². The second-order valence-electron chi connectivity index (χ2n) is 11.5. The van der Waals surface area contributed by atoms with Crippen LogP contribution < -0.4 is 14.8 Å². The molecule has 0 saturated carbocycles. The van der Waals surface area contributed by atoms with Crippen molar-refractivity contribution in [3.8, 4) is 11.5 Å².